The van der Waals surface area contributed by atoms with E-state index >= 15 is 0 Å². The van der Waals surface area contributed by atoms with E-state index in [-0.39, 0.29) is 23.7 Å². The molecule has 2 aliphatic heterocycles. The summed E-state index contributed by atoms with van der Waals surface area (Å²) in [5.74, 6) is 8.24. The van der Waals surface area contributed by atoms with Crippen molar-refractivity contribution in [1.29, 1.82) is 0 Å². The molecular formula is C48H63N9O7. The zero-order chi connectivity index (χ0) is 46.2. The standard InChI is InChI=1S/C41H50N8O4.C7H13NO3/c1-27(2)37(47-41(52)53-4)39(50)42-20-6-5-11-36-43-25-33(45-36)30-16-13-28(14-17-30)12-15-29-18-19-31(24-32(29)40(51)49-22-7-8-23-49)34-26-44-38(46-34)35-10-9-21-48(35)3;1-5(2)6(4-9)8-7(10)11-3/h13-14,16-19,24-27,35,37H,5-11,20-23H2,1-4H3,(H,42,50)(H,43,45)(H,44,46)(H,47,52);4-6H,1-3H3,(H,8,10). The highest BCUT2D eigenvalue weighted by atomic mass is 16.5. The smallest absolute Gasteiger partial charge is 0.407 e. The highest BCUT2D eigenvalue weighted by Crippen LogP contribution is 2.31. The molecule has 2 aliphatic rings. The molecule has 6 rings (SSSR count). The predicted molar refractivity (Wildman–Crippen MR) is 244 cm³/mol. The first kappa shape index (κ1) is 48.6. The number of aromatic nitrogens is 4. The SMILES string of the molecule is COC(=O)NC(C(=O)NCCCCc1ncc(-c2ccc(C#Cc3ccc(-c4cnc(C5CCCN5C)[nH]4)cc3C(=O)N3CCCC3)cc2)[nH]1)C(C)C.COC(=O)NC(C=O)C(C)C. The summed E-state index contributed by atoms with van der Waals surface area (Å²) in [7, 11) is 4.67. The molecule has 0 radical (unpaired) electrons. The van der Waals surface area contributed by atoms with Crippen LogP contribution in [0.25, 0.3) is 22.5 Å². The molecule has 342 valence electrons. The fourth-order valence-corrected chi connectivity index (χ4v) is 7.52. The maximum atomic E-state index is 13.7. The van der Waals surface area contributed by atoms with Gasteiger partial charge in [0.25, 0.3) is 5.91 Å². The monoisotopic (exact) mass is 877 g/mol. The van der Waals surface area contributed by atoms with Gasteiger partial charge < -0.3 is 45.1 Å². The average Bonchev–Trinajstić information content (AvgIpc) is 4.15. The lowest BCUT2D eigenvalue weighted by atomic mass is 10.0. The van der Waals surface area contributed by atoms with Crippen LogP contribution in [0.5, 0.6) is 0 Å². The lowest BCUT2D eigenvalue weighted by Gasteiger charge is -2.20. The number of nitrogens with one attached hydrogen (secondary N) is 5. The quantitative estimate of drug-likeness (QED) is 0.0516. The number of carbonyl (C=O) groups is 5. The van der Waals surface area contributed by atoms with Crippen LogP contribution in [-0.4, -0.2) is 120 Å². The van der Waals surface area contributed by atoms with Gasteiger partial charge in [0.2, 0.25) is 5.91 Å². The number of benzene rings is 2. The molecule has 16 heteroatoms. The first-order valence-corrected chi connectivity index (χ1v) is 22.1. The summed E-state index contributed by atoms with van der Waals surface area (Å²) in [6.07, 6.45) is 9.84. The van der Waals surface area contributed by atoms with Crippen LogP contribution in [-0.2, 0) is 25.5 Å². The lowest BCUT2D eigenvalue weighted by Crippen LogP contribution is -2.49. The number of hydrogen-bond donors (Lipinski definition) is 5. The fraction of sp³-hybridized carbons (Fsp3) is 0.479. The Hall–Kier alpha value is -6.47. The highest BCUT2D eigenvalue weighted by molar-refractivity contribution is 5.98. The molecule has 2 aromatic heterocycles. The van der Waals surface area contributed by atoms with Crippen LogP contribution < -0.4 is 16.0 Å². The van der Waals surface area contributed by atoms with Crippen molar-refractivity contribution in [1.82, 2.24) is 45.7 Å². The second kappa shape index (κ2) is 23.8. The van der Waals surface area contributed by atoms with Gasteiger partial charge in [0.1, 0.15) is 24.0 Å². The second-order valence-corrected chi connectivity index (χ2v) is 16.8. The van der Waals surface area contributed by atoms with Crippen molar-refractivity contribution in [2.45, 2.75) is 90.8 Å². The number of nitrogens with zero attached hydrogens (tertiary/aromatic N) is 4. The minimum Gasteiger partial charge on any atom is -0.453 e. The molecule has 64 heavy (non-hydrogen) atoms. The van der Waals surface area contributed by atoms with Gasteiger partial charge in [0, 0.05) is 42.7 Å². The van der Waals surface area contributed by atoms with Gasteiger partial charge in [-0.05, 0) is 93.8 Å². The largest absolute Gasteiger partial charge is 0.453 e. The third-order valence-electron chi connectivity index (χ3n) is 11.4. The Morgan fingerprint density at radius 2 is 1.50 bits per heavy atom. The Bertz CT molecular complexity index is 2250. The Kier molecular flexibility index (Phi) is 18.1. The van der Waals surface area contributed by atoms with Crippen molar-refractivity contribution in [3.05, 3.63) is 83.2 Å². The first-order chi connectivity index (χ1) is 30.8. The van der Waals surface area contributed by atoms with Crippen molar-refractivity contribution in [2.24, 2.45) is 11.8 Å². The van der Waals surface area contributed by atoms with Gasteiger partial charge >= 0.3 is 12.2 Å². The van der Waals surface area contributed by atoms with Gasteiger partial charge in [0.15, 0.2) is 0 Å². The summed E-state index contributed by atoms with van der Waals surface area (Å²) >= 11 is 0. The topological polar surface area (TPSA) is 204 Å². The van der Waals surface area contributed by atoms with Gasteiger partial charge in [-0.1, -0.05) is 57.7 Å². The fourth-order valence-electron chi connectivity index (χ4n) is 7.52. The van der Waals surface area contributed by atoms with Crippen molar-refractivity contribution >= 4 is 30.3 Å². The van der Waals surface area contributed by atoms with Crippen molar-refractivity contribution in [3.63, 3.8) is 0 Å². The Morgan fingerprint density at radius 1 is 0.828 bits per heavy atom. The zero-order valence-corrected chi connectivity index (χ0v) is 38.1. The number of ether oxygens (including phenoxy) is 2. The summed E-state index contributed by atoms with van der Waals surface area (Å²) in [6, 6.07) is 13.1. The summed E-state index contributed by atoms with van der Waals surface area (Å²) < 4.78 is 8.96. The Balaban J connectivity index is 0.000000619. The van der Waals surface area contributed by atoms with Gasteiger partial charge in [-0.25, -0.2) is 19.6 Å². The van der Waals surface area contributed by atoms with E-state index in [2.05, 4.69) is 64.2 Å². The number of aryl methyl sites for hydroxylation is 1. The van der Waals surface area contributed by atoms with E-state index in [1.54, 1.807) is 0 Å². The summed E-state index contributed by atoms with van der Waals surface area (Å²) in [6.45, 7) is 10.5. The number of unbranched alkanes of at least 4 members (excludes halogenated alkanes) is 1. The molecule has 16 nitrogen and oxygen atoms in total. The number of methoxy groups -OCH3 is 2. The van der Waals surface area contributed by atoms with Crippen molar-refractivity contribution in [2.75, 3.05) is 47.4 Å². The van der Waals surface area contributed by atoms with Crippen LogP contribution >= 0.6 is 0 Å². The Labute approximate surface area is 376 Å². The number of aldehydes is 1. The summed E-state index contributed by atoms with van der Waals surface area (Å²) in [5, 5.41) is 7.88. The van der Waals surface area contributed by atoms with Crippen LogP contribution in [0.4, 0.5) is 9.59 Å². The van der Waals surface area contributed by atoms with Gasteiger partial charge in [-0.15, -0.1) is 0 Å². The summed E-state index contributed by atoms with van der Waals surface area (Å²) in [4.78, 5) is 79.2. The number of likely N-dealkylation sites (tertiary alicyclic amines) is 2. The molecule has 2 saturated heterocycles. The van der Waals surface area contributed by atoms with Crippen LogP contribution in [0, 0.1) is 23.7 Å². The molecule has 2 fully saturated rings. The van der Waals surface area contributed by atoms with Crippen LogP contribution in [0.1, 0.15) is 105 Å². The normalized spacial score (nSPS) is 15.6. The average molecular weight is 878 g/mol. The number of H-pyrrole nitrogens is 2. The van der Waals surface area contributed by atoms with E-state index < -0.39 is 24.3 Å². The molecule has 4 aromatic rings. The van der Waals surface area contributed by atoms with E-state index in [4.69, 9.17) is 4.98 Å². The molecule has 3 atom stereocenters. The minimum atomic E-state index is -0.647. The first-order valence-electron chi connectivity index (χ1n) is 22.1. The number of alkyl carbamates (subject to hydrolysis) is 2. The molecule has 2 aromatic carbocycles. The number of amides is 4. The molecule has 0 spiro atoms. The molecule has 4 amide bonds. The van der Waals surface area contributed by atoms with Crippen LogP contribution in [0.15, 0.2) is 54.9 Å². The number of hydrogen-bond acceptors (Lipinski definition) is 10. The molecule has 0 aliphatic carbocycles. The third-order valence-corrected chi connectivity index (χ3v) is 11.4. The van der Waals surface area contributed by atoms with Crippen molar-refractivity contribution in [3.8, 4) is 34.4 Å². The van der Waals surface area contributed by atoms with Gasteiger partial charge in [-0.2, -0.15) is 0 Å². The Morgan fingerprint density at radius 3 is 2.14 bits per heavy atom. The predicted octanol–water partition coefficient (Wildman–Crippen LogP) is 6.25. The molecule has 4 heterocycles. The summed E-state index contributed by atoms with van der Waals surface area (Å²) in [5.41, 5.74) is 5.92. The van der Waals surface area contributed by atoms with Gasteiger partial charge in [-0.3, -0.25) is 14.5 Å². The third kappa shape index (κ3) is 13.5. The maximum absolute atomic E-state index is 13.7. The number of imidazole rings is 2. The van der Waals surface area contributed by atoms with E-state index in [9.17, 15) is 24.0 Å². The maximum Gasteiger partial charge on any atom is 0.407 e. The zero-order valence-electron chi connectivity index (χ0n) is 38.1. The molecule has 5 N–H and O–H groups in total. The van der Waals surface area contributed by atoms with Crippen LogP contribution in [0.3, 0.4) is 0 Å². The number of carbonyl (C=O) groups excluding carboxylic acids is 5. The minimum absolute atomic E-state index is 0.0202. The molecule has 3 unspecified atom stereocenters. The second-order valence-electron chi connectivity index (χ2n) is 16.8. The van der Waals surface area contributed by atoms with E-state index in [0.29, 0.717) is 30.0 Å². The lowest BCUT2D eigenvalue weighted by molar-refractivity contribution is -0.124. The van der Waals surface area contributed by atoms with Gasteiger partial charge in [0.05, 0.1) is 55.6 Å². The molecule has 0 bridgehead atoms. The molecule has 0 saturated carbocycles. The number of aromatic amines is 2. The van der Waals surface area contributed by atoms with Crippen molar-refractivity contribution < 1.29 is 33.4 Å². The molecular weight excluding hydrogens is 815 g/mol. The highest BCUT2D eigenvalue weighted by Gasteiger charge is 2.27. The van der Waals surface area contributed by atoms with E-state index in [0.717, 1.165) is 104 Å². The van der Waals surface area contributed by atoms with E-state index in [1.807, 2.05) is 87.5 Å². The van der Waals surface area contributed by atoms with E-state index in [1.165, 1.54) is 14.2 Å². The van der Waals surface area contributed by atoms with Crippen LogP contribution in [0.2, 0.25) is 0 Å². The number of rotatable bonds is 15.